The zero-order valence-corrected chi connectivity index (χ0v) is 18.8. The Kier molecular flexibility index (Phi) is 8.90. The summed E-state index contributed by atoms with van der Waals surface area (Å²) in [6.07, 6.45) is 0.923. The summed E-state index contributed by atoms with van der Waals surface area (Å²) in [4.78, 5) is 27.2. The number of nitrogens with one attached hydrogen (secondary N) is 1. The molecule has 0 aliphatic heterocycles. The van der Waals surface area contributed by atoms with E-state index in [1.54, 1.807) is 11.8 Å². The van der Waals surface area contributed by atoms with E-state index in [2.05, 4.69) is 5.32 Å². The van der Waals surface area contributed by atoms with Crippen molar-refractivity contribution < 1.29 is 14.3 Å². The third-order valence-corrected chi connectivity index (χ3v) is 4.90. The zero-order chi connectivity index (χ0) is 22.1. The maximum absolute atomic E-state index is 13.0. The molecular weight excluding hydrogens is 376 g/mol. The number of aryl methyl sites for hydroxylation is 2. The van der Waals surface area contributed by atoms with Crippen LogP contribution in [0.5, 0.6) is 5.75 Å². The number of ether oxygens (including phenoxy) is 1. The van der Waals surface area contributed by atoms with E-state index in [0.717, 1.165) is 16.9 Å². The molecular formula is C25H34N2O3. The van der Waals surface area contributed by atoms with E-state index in [0.29, 0.717) is 26.0 Å². The third kappa shape index (κ3) is 7.54. The predicted molar refractivity (Wildman–Crippen MR) is 120 cm³/mol. The van der Waals surface area contributed by atoms with Crippen LogP contribution in [0.4, 0.5) is 0 Å². The van der Waals surface area contributed by atoms with Crippen LogP contribution in [-0.4, -0.2) is 35.4 Å². The smallest absolute Gasteiger partial charge is 0.242 e. The van der Waals surface area contributed by atoms with Crippen molar-refractivity contribution in [1.29, 1.82) is 0 Å². The van der Waals surface area contributed by atoms with Gasteiger partial charge in [0, 0.05) is 19.0 Å². The predicted octanol–water partition coefficient (Wildman–Crippen LogP) is 4.40. The molecule has 0 aliphatic rings. The van der Waals surface area contributed by atoms with Crippen molar-refractivity contribution in [3.63, 3.8) is 0 Å². The first-order valence-electron chi connectivity index (χ1n) is 10.6. The minimum Gasteiger partial charge on any atom is -0.494 e. The Balaban J connectivity index is 1.98. The number of rotatable bonds is 10. The molecule has 0 saturated carbocycles. The summed E-state index contributed by atoms with van der Waals surface area (Å²) in [6, 6.07) is 15.4. The molecule has 0 fully saturated rings. The summed E-state index contributed by atoms with van der Waals surface area (Å²) in [7, 11) is 0. The number of carbonyl (C=O) groups is 2. The first kappa shape index (κ1) is 23.5. The molecule has 0 aliphatic carbocycles. The van der Waals surface area contributed by atoms with Gasteiger partial charge in [0.15, 0.2) is 0 Å². The molecule has 2 aromatic carbocycles. The summed E-state index contributed by atoms with van der Waals surface area (Å²) in [5, 5.41) is 2.91. The Morgan fingerprint density at radius 2 is 1.50 bits per heavy atom. The average Bonchev–Trinajstić information content (AvgIpc) is 2.71. The van der Waals surface area contributed by atoms with Gasteiger partial charge in [-0.05, 0) is 58.7 Å². The fraction of sp³-hybridized carbons (Fsp3) is 0.440. The minimum absolute atomic E-state index is 0.0270. The first-order valence-corrected chi connectivity index (χ1v) is 10.6. The van der Waals surface area contributed by atoms with E-state index in [-0.39, 0.29) is 17.9 Å². The van der Waals surface area contributed by atoms with Crippen molar-refractivity contribution in [2.75, 3.05) is 6.61 Å². The number of hydrogen-bond donors (Lipinski definition) is 1. The molecule has 2 aromatic rings. The lowest BCUT2D eigenvalue weighted by molar-refractivity contribution is -0.141. The fourth-order valence-electron chi connectivity index (χ4n) is 3.07. The molecule has 5 heteroatoms. The lowest BCUT2D eigenvalue weighted by Crippen LogP contribution is -2.49. The molecule has 0 saturated heterocycles. The Labute approximate surface area is 180 Å². The molecule has 0 heterocycles. The van der Waals surface area contributed by atoms with Crippen molar-refractivity contribution >= 4 is 11.8 Å². The summed E-state index contributed by atoms with van der Waals surface area (Å²) in [5.74, 6) is 0.616. The van der Waals surface area contributed by atoms with Crippen molar-refractivity contribution in [1.82, 2.24) is 10.2 Å². The maximum Gasteiger partial charge on any atom is 0.242 e. The standard InChI is InChI=1S/C25H34N2O3/c1-18(2)26-25(29)21(5)27(17-22-12-8-19(3)9-13-22)24(28)7-6-16-30-23-14-10-20(4)11-15-23/h8-15,18,21H,6-7,16-17H2,1-5H3,(H,26,29)/t21-/m1/s1. The SMILES string of the molecule is Cc1ccc(CN(C(=O)CCCOc2ccc(C)cc2)[C@H](C)C(=O)NC(C)C)cc1. The Hall–Kier alpha value is -2.82. The number of nitrogens with zero attached hydrogens (tertiary/aromatic N) is 1. The van der Waals surface area contributed by atoms with Crippen molar-refractivity contribution in [2.24, 2.45) is 0 Å². The van der Waals surface area contributed by atoms with Gasteiger partial charge >= 0.3 is 0 Å². The van der Waals surface area contributed by atoms with Crippen LogP contribution in [0.25, 0.3) is 0 Å². The summed E-state index contributed by atoms with van der Waals surface area (Å²) >= 11 is 0. The van der Waals surface area contributed by atoms with Crippen LogP contribution >= 0.6 is 0 Å². The summed E-state index contributed by atoms with van der Waals surface area (Å²) in [6.45, 7) is 10.5. The number of amides is 2. The molecule has 0 spiro atoms. The molecule has 0 bridgehead atoms. The van der Waals surface area contributed by atoms with Gasteiger partial charge in [0.1, 0.15) is 11.8 Å². The largest absolute Gasteiger partial charge is 0.494 e. The highest BCUT2D eigenvalue weighted by molar-refractivity contribution is 5.87. The highest BCUT2D eigenvalue weighted by Gasteiger charge is 2.26. The summed E-state index contributed by atoms with van der Waals surface area (Å²) < 4.78 is 5.73. The van der Waals surface area contributed by atoms with Crippen LogP contribution in [0.3, 0.4) is 0 Å². The Morgan fingerprint density at radius 3 is 2.07 bits per heavy atom. The van der Waals surface area contributed by atoms with Gasteiger partial charge < -0.3 is 15.0 Å². The van der Waals surface area contributed by atoms with Crippen LogP contribution in [0.2, 0.25) is 0 Å². The summed E-state index contributed by atoms with van der Waals surface area (Å²) in [5.41, 5.74) is 3.35. The van der Waals surface area contributed by atoms with Crippen molar-refractivity contribution in [3.05, 3.63) is 65.2 Å². The van der Waals surface area contributed by atoms with Gasteiger partial charge in [-0.1, -0.05) is 47.5 Å². The van der Waals surface area contributed by atoms with Gasteiger partial charge in [0.2, 0.25) is 11.8 Å². The molecule has 30 heavy (non-hydrogen) atoms. The molecule has 0 unspecified atom stereocenters. The fourth-order valence-corrected chi connectivity index (χ4v) is 3.07. The Morgan fingerprint density at radius 1 is 0.933 bits per heavy atom. The molecule has 2 amide bonds. The molecule has 1 atom stereocenters. The van der Waals surface area contributed by atoms with E-state index >= 15 is 0 Å². The topological polar surface area (TPSA) is 58.6 Å². The second kappa shape index (κ2) is 11.4. The van der Waals surface area contributed by atoms with Crippen LogP contribution in [0.1, 0.15) is 50.3 Å². The Bertz CT molecular complexity index is 813. The van der Waals surface area contributed by atoms with Gasteiger partial charge in [-0.3, -0.25) is 9.59 Å². The van der Waals surface area contributed by atoms with E-state index in [1.807, 2.05) is 76.2 Å². The van der Waals surface area contributed by atoms with Gasteiger partial charge in [-0.15, -0.1) is 0 Å². The van der Waals surface area contributed by atoms with Crippen LogP contribution in [-0.2, 0) is 16.1 Å². The van der Waals surface area contributed by atoms with Gasteiger partial charge in [0.05, 0.1) is 6.61 Å². The molecule has 0 radical (unpaired) electrons. The van der Waals surface area contributed by atoms with E-state index in [4.69, 9.17) is 4.74 Å². The number of hydrogen-bond acceptors (Lipinski definition) is 3. The van der Waals surface area contributed by atoms with Crippen LogP contribution < -0.4 is 10.1 Å². The van der Waals surface area contributed by atoms with E-state index < -0.39 is 6.04 Å². The molecule has 162 valence electrons. The van der Waals surface area contributed by atoms with E-state index in [1.165, 1.54) is 5.56 Å². The maximum atomic E-state index is 13.0. The van der Waals surface area contributed by atoms with Gasteiger partial charge in [0.25, 0.3) is 0 Å². The quantitative estimate of drug-likeness (QED) is 0.591. The highest BCUT2D eigenvalue weighted by Crippen LogP contribution is 2.15. The van der Waals surface area contributed by atoms with Gasteiger partial charge in [-0.2, -0.15) is 0 Å². The normalized spacial score (nSPS) is 11.8. The van der Waals surface area contributed by atoms with Gasteiger partial charge in [-0.25, -0.2) is 0 Å². The number of carbonyl (C=O) groups excluding carboxylic acids is 2. The average molecular weight is 411 g/mol. The second-order valence-corrected chi connectivity index (χ2v) is 8.11. The zero-order valence-electron chi connectivity index (χ0n) is 18.8. The highest BCUT2D eigenvalue weighted by atomic mass is 16.5. The van der Waals surface area contributed by atoms with Crippen LogP contribution in [0.15, 0.2) is 48.5 Å². The van der Waals surface area contributed by atoms with Crippen molar-refractivity contribution in [2.45, 2.75) is 66.1 Å². The molecule has 5 nitrogen and oxygen atoms in total. The molecule has 2 rings (SSSR count). The molecule has 1 N–H and O–H groups in total. The van der Waals surface area contributed by atoms with Crippen molar-refractivity contribution in [3.8, 4) is 5.75 Å². The van der Waals surface area contributed by atoms with Crippen LogP contribution in [0, 0.1) is 13.8 Å². The monoisotopic (exact) mass is 410 g/mol. The lowest BCUT2D eigenvalue weighted by Gasteiger charge is -2.29. The second-order valence-electron chi connectivity index (χ2n) is 8.11. The minimum atomic E-state index is -0.542. The number of benzene rings is 2. The first-order chi connectivity index (χ1) is 14.3. The lowest BCUT2D eigenvalue weighted by atomic mass is 10.1. The third-order valence-electron chi connectivity index (χ3n) is 4.90. The van der Waals surface area contributed by atoms with E-state index in [9.17, 15) is 9.59 Å². The molecule has 0 aromatic heterocycles.